The molecule has 96 valence electrons. The van der Waals surface area contributed by atoms with Gasteiger partial charge in [-0.15, -0.1) is 0 Å². The number of nitrogens with zero attached hydrogens (tertiary/aromatic N) is 2. The molecule has 1 aromatic heterocycles. The lowest BCUT2D eigenvalue weighted by Gasteiger charge is -2.21. The van der Waals surface area contributed by atoms with Crippen LogP contribution in [0.15, 0.2) is 42.9 Å². The molecular weight excluding hydrogens is 224 g/mol. The van der Waals surface area contributed by atoms with Gasteiger partial charge >= 0.3 is 0 Å². The fourth-order valence-corrected chi connectivity index (χ4v) is 2.01. The van der Waals surface area contributed by atoms with E-state index in [9.17, 15) is 0 Å². The summed E-state index contributed by atoms with van der Waals surface area (Å²) in [4.78, 5) is 4.22. The normalized spacial score (nSPS) is 12.7. The van der Waals surface area contributed by atoms with Crippen molar-refractivity contribution in [1.82, 2.24) is 9.55 Å². The molecule has 1 unspecified atom stereocenters. The quantitative estimate of drug-likeness (QED) is 0.850. The molecule has 1 heterocycles. The lowest BCUT2D eigenvalue weighted by Crippen LogP contribution is -2.23. The molecule has 0 radical (unpaired) electrons. The lowest BCUT2D eigenvalue weighted by atomic mass is 10.2. The summed E-state index contributed by atoms with van der Waals surface area (Å²) < 4.78 is 2.15. The van der Waals surface area contributed by atoms with Crippen LogP contribution in [0.1, 0.15) is 31.6 Å². The average molecular weight is 244 g/mol. The van der Waals surface area contributed by atoms with Crippen LogP contribution in [-0.4, -0.2) is 16.1 Å². The molecule has 0 aliphatic heterocycles. The number of para-hydroxylation sites is 1. The number of nitrogens with two attached hydrogens (primary N) is 1. The van der Waals surface area contributed by atoms with E-state index in [1.165, 1.54) is 0 Å². The molecule has 0 saturated carbocycles. The van der Waals surface area contributed by atoms with Crippen LogP contribution in [0.25, 0.3) is 0 Å². The van der Waals surface area contributed by atoms with Crippen molar-refractivity contribution in [2.24, 2.45) is 5.73 Å². The molecule has 18 heavy (non-hydrogen) atoms. The number of aromatic nitrogens is 2. The lowest BCUT2D eigenvalue weighted by molar-refractivity contribution is 0.553. The highest BCUT2D eigenvalue weighted by Crippen LogP contribution is 2.20. The molecule has 1 atom stereocenters. The molecular formula is C14H20N4. The summed E-state index contributed by atoms with van der Waals surface area (Å²) in [5.74, 6) is 0. The Morgan fingerprint density at radius 1 is 1.28 bits per heavy atom. The van der Waals surface area contributed by atoms with Crippen molar-refractivity contribution in [3.63, 3.8) is 0 Å². The summed E-state index contributed by atoms with van der Waals surface area (Å²) in [5, 5.41) is 3.44. The van der Waals surface area contributed by atoms with Crippen LogP contribution in [0.4, 0.5) is 5.69 Å². The van der Waals surface area contributed by atoms with Crippen molar-refractivity contribution < 1.29 is 0 Å². The summed E-state index contributed by atoms with van der Waals surface area (Å²) in [6.45, 7) is 4.82. The first-order valence-electron chi connectivity index (χ1n) is 6.25. The molecule has 0 aliphatic rings. The van der Waals surface area contributed by atoms with Crippen LogP contribution in [0.3, 0.4) is 0 Å². The van der Waals surface area contributed by atoms with Crippen LogP contribution < -0.4 is 11.1 Å². The Morgan fingerprint density at radius 3 is 2.61 bits per heavy atom. The van der Waals surface area contributed by atoms with E-state index in [0.717, 1.165) is 11.4 Å². The van der Waals surface area contributed by atoms with Crippen LogP contribution in [-0.2, 0) is 0 Å². The van der Waals surface area contributed by atoms with Gasteiger partial charge in [0.2, 0.25) is 0 Å². The Morgan fingerprint density at radius 2 is 2.00 bits per heavy atom. The predicted molar refractivity (Wildman–Crippen MR) is 74.5 cm³/mol. The second-order valence-corrected chi connectivity index (χ2v) is 4.62. The van der Waals surface area contributed by atoms with Gasteiger partial charge in [-0.1, -0.05) is 18.2 Å². The summed E-state index contributed by atoms with van der Waals surface area (Å²) in [7, 11) is 0. The number of benzene rings is 1. The molecule has 0 saturated heterocycles. The summed E-state index contributed by atoms with van der Waals surface area (Å²) >= 11 is 0. The standard InChI is InChI=1S/C14H20N4/c1-11(2)18-10-16-9-14(18)13(8-15)17-12-6-4-3-5-7-12/h3-7,9-11,13,17H,8,15H2,1-2H3. The number of hydrogen-bond donors (Lipinski definition) is 2. The monoisotopic (exact) mass is 244 g/mol. The molecule has 0 spiro atoms. The largest absolute Gasteiger partial charge is 0.375 e. The third kappa shape index (κ3) is 2.71. The second kappa shape index (κ2) is 5.69. The van der Waals surface area contributed by atoms with E-state index in [1.54, 1.807) is 0 Å². The average Bonchev–Trinajstić information content (AvgIpc) is 2.86. The van der Waals surface area contributed by atoms with Gasteiger partial charge in [-0.3, -0.25) is 0 Å². The Bertz CT molecular complexity index is 476. The van der Waals surface area contributed by atoms with E-state index in [0.29, 0.717) is 12.6 Å². The zero-order valence-corrected chi connectivity index (χ0v) is 10.9. The smallest absolute Gasteiger partial charge is 0.0951 e. The highest BCUT2D eigenvalue weighted by Gasteiger charge is 2.15. The fraction of sp³-hybridized carbons (Fsp3) is 0.357. The summed E-state index contributed by atoms with van der Waals surface area (Å²) in [5.41, 5.74) is 8.07. The molecule has 1 aromatic carbocycles. The number of nitrogens with one attached hydrogen (secondary N) is 1. The Hall–Kier alpha value is -1.81. The minimum absolute atomic E-state index is 0.0808. The highest BCUT2D eigenvalue weighted by atomic mass is 15.1. The van der Waals surface area contributed by atoms with Gasteiger partial charge in [0.25, 0.3) is 0 Å². The van der Waals surface area contributed by atoms with Crippen molar-refractivity contribution in [3.05, 3.63) is 48.5 Å². The maximum Gasteiger partial charge on any atom is 0.0951 e. The van der Waals surface area contributed by atoms with Crippen molar-refractivity contribution in [2.75, 3.05) is 11.9 Å². The molecule has 0 fully saturated rings. The van der Waals surface area contributed by atoms with Gasteiger partial charge in [0.15, 0.2) is 0 Å². The minimum Gasteiger partial charge on any atom is -0.375 e. The van der Waals surface area contributed by atoms with Crippen molar-refractivity contribution in [3.8, 4) is 0 Å². The van der Waals surface area contributed by atoms with E-state index < -0.39 is 0 Å². The highest BCUT2D eigenvalue weighted by molar-refractivity contribution is 5.44. The van der Waals surface area contributed by atoms with Gasteiger partial charge in [0.1, 0.15) is 0 Å². The third-order valence-electron chi connectivity index (χ3n) is 2.96. The van der Waals surface area contributed by atoms with Crippen LogP contribution in [0.2, 0.25) is 0 Å². The van der Waals surface area contributed by atoms with E-state index in [-0.39, 0.29) is 6.04 Å². The van der Waals surface area contributed by atoms with Crippen molar-refractivity contribution in [1.29, 1.82) is 0 Å². The van der Waals surface area contributed by atoms with Gasteiger partial charge in [0.05, 0.1) is 24.3 Å². The predicted octanol–water partition coefficient (Wildman–Crippen LogP) is 2.58. The molecule has 2 rings (SSSR count). The number of rotatable bonds is 5. The Kier molecular flexibility index (Phi) is 3.99. The van der Waals surface area contributed by atoms with E-state index in [2.05, 4.69) is 28.7 Å². The van der Waals surface area contributed by atoms with Crippen molar-refractivity contribution >= 4 is 5.69 Å². The van der Waals surface area contributed by atoms with Crippen LogP contribution in [0, 0.1) is 0 Å². The third-order valence-corrected chi connectivity index (χ3v) is 2.96. The maximum absolute atomic E-state index is 5.88. The fourth-order valence-electron chi connectivity index (χ4n) is 2.01. The Balaban J connectivity index is 2.21. The van der Waals surface area contributed by atoms with Crippen LogP contribution >= 0.6 is 0 Å². The second-order valence-electron chi connectivity index (χ2n) is 4.62. The number of anilines is 1. The van der Waals surface area contributed by atoms with Gasteiger partial charge < -0.3 is 15.6 Å². The molecule has 0 amide bonds. The summed E-state index contributed by atoms with van der Waals surface area (Å²) in [6.07, 6.45) is 3.74. The maximum atomic E-state index is 5.88. The SMILES string of the molecule is CC(C)n1cncc1C(CN)Nc1ccccc1. The first-order chi connectivity index (χ1) is 8.72. The van der Waals surface area contributed by atoms with Gasteiger partial charge in [-0.05, 0) is 26.0 Å². The number of imidazole rings is 1. The van der Waals surface area contributed by atoms with E-state index in [4.69, 9.17) is 5.73 Å². The zero-order chi connectivity index (χ0) is 13.0. The number of hydrogen-bond acceptors (Lipinski definition) is 3. The topological polar surface area (TPSA) is 55.9 Å². The molecule has 4 heteroatoms. The van der Waals surface area contributed by atoms with Gasteiger partial charge in [0, 0.05) is 18.3 Å². The first kappa shape index (κ1) is 12.6. The minimum atomic E-state index is 0.0808. The molecule has 4 nitrogen and oxygen atoms in total. The van der Waals surface area contributed by atoms with Crippen molar-refractivity contribution in [2.45, 2.75) is 25.9 Å². The summed E-state index contributed by atoms with van der Waals surface area (Å²) in [6, 6.07) is 10.6. The van der Waals surface area contributed by atoms with Crippen LogP contribution in [0.5, 0.6) is 0 Å². The first-order valence-corrected chi connectivity index (χ1v) is 6.25. The van der Waals surface area contributed by atoms with Gasteiger partial charge in [-0.2, -0.15) is 0 Å². The molecule has 0 aliphatic carbocycles. The Labute approximate surface area is 108 Å². The molecule has 3 N–H and O–H groups in total. The molecule has 2 aromatic rings. The van der Waals surface area contributed by atoms with Gasteiger partial charge in [-0.25, -0.2) is 4.98 Å². The van der Waals surface area contributed by atoms with E-state index in [1.807, 2.05) is 42.9 Å². The molecule has 0 bridgehead atoms. The van der Waals surface area contributed by atoms with E-state index >= 15 is 0 Å². The zero-order valence-electron chi connectivity index (χ0n) is 10.9.